The lowest BCUT2D eigenvalue weighted by atomic mass is 10.4. The van der Waals surface area contributed by atoms with Crippen molar-refractivity contribution in [1.82, 2.24) is 9.97 Å². The normalized spacial score (nSPS) is 9.18. The summed E-state index contributed by atoms with van der Waals surface area (Å²) in [5.74, 6) is -0.430. The van der Waals surface area contributed by atoms with E-state index < -0.39 is 5.82 Å². The highest BCUT2D eigenvalue weighted by Crippen LogP contribution is 2.16. The van der Waals surface area contributed by atoms with Gasteiger partial charge in [0.1, 0.15) is 13.1 Å². The molecule has 0 aliphatic rings. The first kappa shape index (κ1) is 12.7. The predicted octanol–water partition coefficient (Wildman–Crippen LogP) is 0.901. The Hall–Kier alpha value is -2.41. The van der Waals surface area contributed by atoms with Crippen molar-refractivity contribution in [1.29, 1.82) is 10.5 Å². The summed E-state index contributed by atoms with van der Waals surface area (Å²) >= 11 is 0. The third-order valence-corrected chi connectivity index (χ3v) is 1.88. The van der Waals surface area contributed by atoms with Gasteiger partial charge in [-0.1, -0.05) is 0 Å². The molecule has 0 aliphatic carbocycles. The van der Waals surface area contributed by atoms with Gasteiger partial charge in [0, 0.05) is 6.54 Å². The number of rotatable bonds is 5. The monoisotopic (exact) mass is 234 g/mol. The Morgan fingerprint density at radius 3 is 2.59 bits per heavy atom. The second-order valence-corrected chi connectivity index (χ2v) is 3.07. The molecular formula is C10H11FN6. The number of aromatic nitrogens is 2. The summed E-state index contributed by atoms with van der Waals surface area (Å²) in [5, 5.41) is 20.0. The van der Waals surface area contributed by atoms with Crippen LogP contribution in [0.15, 0.2) is 6.20 Å². The Bertz CT molecular complexity index is 445. The van der Waals surface area contributed by atoms with E-state index in [0.29, 0.717) is 6.54 Å². The highest BCUT2D eigenvalue weighted by molar-refractivity contribution is 5.45. The molecule has 1 aromatic heterocycles. The van der Waals surface area contributed by atoms with Crippen LogP contribution in [-0.2, 0) is 0 Å². The average Bonchev–Trinajstić information content (AvgIpc) is 2.32. The molecule has 0 radical (unpaired) electrons. The Morgan fingerprint density at radius 2 is 2.06 bits per heavy atom. The summed E-state index contributed by atoms with van der Waals surface area (Å²) in [6, 6.07) is 3.71. The van der Waals surface area contributed by atoms with Crippen LogP contribution in [0.2, 0.25) is 0 Å². The van der Waals surface area contributed by atoms with Crippen LogP contribution in [-0.4, -0.2) is 29.6 Å². The molecule has 1 rings (SSSR count). The van der Waals surface area contributed by atoms with E-state index in [1.807, 2.05) is 19.1 Å². The van der Waals surface area contributed by atoms with Crippen LogP contribution in [0.3, 0.4) is 0 Å². The van der Waals surface area contributed by atoms with Crippen molar-refractivity contribution >= 4 is 11.8 Å². The molecule has 0 fully saturated rings. The van der Waals surface area contributed by atoms with Crippen LogP contribution < -0.4 is 10.2 Å². The molecular weight excluding hydrogens is 223 g/mol. The van der Waals surface area contributed by atoms with E-state index >= 15 is 0 Å². The predicted molar refractivity (Wildman–Crippen MR) is 59.6 cm³/mol. The zero-order chi connectivity index (χ0) is 12.7. The first-order valence-corrected chi connectivity index (χ1v) is 4.98. The Balaban J connectivity index is 3.04. The molecule has 0 bridgehead atoms. The van der Waals surface area contributed by atoms with Crippen LogP contribution >= 0.6 is 0 Å². The van der Waals surface area contributed by atoms with Gasteiger partial charge in [0.2, 0.25) is 5.95 Å². The second kappa shape index (κ2) is 6.23. The van der Waals surface area contributed by atoms with E-state index in [0.717, 1.165) is 6.20 Å². The molecule has 1 N–H and O–H groups in total. The maximum Gasteiger partial charge on any atom is 0.224 e. The van der Waals surface area contributed by atoms with E-state index in [-0.39, 0.29) is 24.9 Å². The van der Waals surface area contributed by atoms with E-state index in [1.165, 1.54) is 4.90 Å². The van der Waals surface area contributed by atoms with Crippen molar-refractivity contribution in [3.63, 3.8) is 0 Å². The summed E-state index contributed by atoms with van der Waals surface area (Å²) in [4.78, 5) is 8.92. The van der Waals surface area contributed by atoms with Gasteiger partial charge in [-0.3, -0.25) is 0 Å². The summed E-state index contributed by atoms with van der Waals surface area (Å²) in [6.07, 6.45) is 1.02. The Kier molecular flexibility index (Phi) is 4.64. The second-order valence-electron chi connectivity index (χ2n) is 3.07. The van der Waals surface area contributed by atoms with Crippen LogP contribution in [0, 0.1) is 28.5 Å². The first-order valence-electron chi connectivity index (χ1n) is 4.98. The number of halogens is 1. The van der Waals surface area contributed by atoms with Gasteiger partial charge in [0.25, 0.3) is 0 Å². The largest absolute Gasteiger partial charge is 0.354 e. The van der Waals surface area contributed by atoms with E-state index in [1.54, 1.807) is 0 Å². The molecule has 1 heterocycles. The third-order valence-electron chi connectivity index (χ3n) is 1.88. The molecule has 0 saturated carbocycles. The average molecular weight is 234 g/mol. The summed E-state index contributed by atoms with van der Waals surface area (Å²) in [7, 11) is 0. The number of nitrogens with zero attached hydrogens (tertiary/aromatic N) is 5. The zero-order valence-corrected chi connectivity index (χ0v) is 9.31. The molecule has 6 nitrogen and oxygen atoms in total. The molecule has 0 unspecified atom stereocenters. The minimum atomic E-state index is -0.655. The van der Waals surface area contributed by atoms with Gasteiger partial charge < -0.3 is 10.2 Å². The fourth-order valence-electron chi connectivity index (χ4n) is 1.20. The standard InChI is InChI=1S/C10H11FN6/c1-2-14-10-15-7-8(11)9(16-10)17(5-3-12)6-4-13/h7H,2,5-6H2,1H3,(H,14,15,16). The molecule has 7 heteroatoms. The zero-order valence-electron chi connectivity index (χ0n) is 9.31. The summed E-state index contributed by atoms with van der Waals surface area (Å²) in [5.41, 5.74) is 0. The van der Waals surface area contributed by atoms with Crippen LogP contribution in [0.1, 0.15) is 6.92 Å². The van der Waals surface area contributed by atoms with Gasteiger partial charge >= 0.3 is 0 Å². The van der Waals surface area contributed by atoms with Crippen molar-refractivity contribution in [2.45, 2.75) is 6.92 Å². The van der Waals surface area contributed by atoms with Crippen molar-refractivity contribution in [3.05, 3.63) is 12.0 Å². The molecule has 0 saturated heterocycles. The van der Waals surface area contributed by atoms with Gasteiger partial charge in [0.05, 0.1) is 18.3 Å². The molecule has 0 aromatic carbocycles. The molecule has 0 atom stereocenters. The fraction of sp³-hybridized carbons (Fsp3) is 0.400. The van der Waals surface area contributed by atoms with E-state index in [2.05, 4.69) is 15.3 Å². The Morgan fingerprint density at radius 1 is 1.41 bits per heavy atom. The van der Waals surface area contributed by atoms with Gasteiger partial charge in [-0.15, -0.1) is 0 Å². The lowest BCUT2D eigenvalue weighted by Gasteiger charge is -2.17. The van der Waals surface area contributed by atoms with Gasteiger partial charge in [0.15, 0.2) is 11.6 Å². The minimum Gasteiger partial charge on any atom is -0.354 e. The number of hydrogen-bond donors (Lipinski definition) is 1. The number of hydrogen-bond acceptors (Lipinski definition) is 6. The topological polar surface area (TPSA) is 88.6 Å². The molecule has 1 aromatic rings. The number of nitrogens with one attached hydrogen (secondary N) is 1. The maximum atomic E-state index is 13.5. The lowest BCUT2D eigenvalue weighted by molar-refractivity contribution is 0.609. The van der Waals surface area contributed by atoms with Gasteiger partial charge in [-0.2, -0.15) is 15.5 Å². The minimum absolute atomic E-state index is 0.0425. The van der Waals surface area contributed by atoms with Crippen LogP contribution in [0.5, 0.6) is 0 Å². The van der Waals surface area contributed by atoms with Crippen LogP contribution in [0.4, 0.5) is 16.2 Å². The summed E-state index contributed by atoms with van der Waals surface area (Å²) in [6.45, 7) is 2.25. The maximum absolute atomic E-state index is 13.5. The lowest BCUT2D eigenvalue weighted by Crippen LogP contribution is -2.26. The first-order chi connectivity index (χ1) is 8.22. The molecule has 0 spiro atoms. The van der Waals surface area contributed by atoms with Crippen molar-refractivity contribution in [2.75, 3.05) is 29.9 Å². The number of nitriles is 2. The SMILES string of the molecule is CCNc1ncc(F)c(N(CC#N)CC#N)n1. The smallest absolute Gasteiger partial charge is 0.224 e. The molecule has 0 aliphatic heterocycles. The molecule has 17 heavy (non-hydrogen) atoms. The van der Waals surface area contributed by atoms with E-state index in [4.69, 9.17) is 10.5 Å². The quantitative estimate of drug-likeness (QED) is 0.761. The highest BCUT2D eigenvalue weighted by Gasteiger charge is 2.14. The molecule has 0 amide bonds. The highest BCUT2D eigenvalue weighted by atomic mass is 19.1. The van der Waals surface area contributed by atoms with Gasteiger partial charge in [-0.05, 0) is 6.92 Å². The van der Waals surface area contributed by atoms with Crippen molar-refractivity contribution in [3.8, 4) is 12.1 Å². The Labute approximate surface area is 98.3 Å². The number of anilines is 2. The van der Waals surface area contributed by atoms with Crippen molar-refractivity contribution < 1.29 is 4.39 Å². The molecule has 88 valence electrons. The van der Waals surface area contributed by atoms with Crippen LogP contribution in [0.25, 0.3) is 0 Å². The van der Waals surface area contributed by atoms with Crippen molar-refractivity contribution in [2.24, 2.45) is 0 Å². The fourth-order valence-corrected chi connectivity index (χ4v) is 1.20. The van der Waals surface area contributed by atoms with Gasteiger partial charge in [-0.25, -0.2) is 9.37 Å². The van der Waals surface area contributed by atoms with E-state index in [9.17, 15) is 4.39 Å². The third kappa shape index (κ3) is 3.28. The summed E-state index contributed by atoms with van der Waals surface area (Å²) < 4.78 is 13.5.